The second kappa shape index (κ2) is 8.89. The maximum atomic E-state index is 12.5. The molecule has 0 fully saturated rings. The van der Waals surface area contributed by atoms with Crippen molar-refractivity contribution in [2.24, 2.45) is 0 Å². The Labute approximate surface area is 161 Å². The molecule has 0 saturated heterocycles. The summed E-state index contributed by atoms with van der Waals surface area (Å²) >= 11 is 0. The molecule has 0 aliphatic carbocycles. The fraction of sp³-hybridized carbons (Fsp3) is 0.211. The molecule has 0 spiro atoms. The number of benzene rings is 2. The third-order valence-corrected chi connectivity index (χ3v) is 3.29. The maximum Gasteiger partial charge on any atom is 0.573 e. The molecule has 10 heteroatoms. The van der Waals surface area contributed by atoms with Crippen LogP contribution in [0.2, 0.25) is 0 Å². The minimum absolute atomic E-state index is 0.450. The largest absolute Gasteiger partial charge is 0.573 e. The van der Waals surface area contributed by atoms with Crippen LogP contribution in [0.4, 0.5) is 26.3 Å². The monoisotopic (exact) mass is 420 g/mol. The summed E-state index contributed by atoms with van der Waals surface area (Å²) in [7, 11) is 0. The van der Waals surface area contributed by atoms with Gasteiger partial charge in [0.05, 0.1) is 12.2 Å². The summed E-state index contributed by atoms with van der Waals surface area (Å²) in [6.45, 7) is 2.25. The van der Waals surface area contributed by atoms with E-state index in [-0.39, 0.29) is 0 Å². The fourth-order valence-corrected chi connectivity index (χ4v) is 2.22. The van der Waals surface area contributed by atoms with Gasteiger partial charge in [-0.3, -0.25) is 4.79 Å². The van der Waals surface area contributed by atoms with Crippen molar-refractivity contribution in [1.82, 2.24) is 0 Å². The van der Waals surface area contributed by atoms with E-state index in [0.29, 0.717) is 36.1 Å². The SMILES string of the molecule is CCOc1ccc(/C=C/C(=O)c2cc(OC(F)(F)F)ccc2OC(F)(F)F)cc1. The summed E-state index contributed by atoms with van der Waals surface area (Å²) in [5.41, 5.74) is -0.228. The lowest BCUT2D eigenvalue weighted by molar-refractivity contribution is -0.277. The minimum Gasteiger partial charge on any atom is -0.494 e. The first-order valence-corrected chi connectivity index (χ1v) is 8.07. The Hall–Kier alpha value is -3.17. The molecule has 0 amide bonds. The summed E-state index contributed by atoms with van der Waals surface area (Å²) in [6.07, 6.45) is -8.02. The van der Waals surface area contributed by atoms with Gasteiger partial charge in [0.1, 0.15) is 17.2 Å². The van der Waals surface area contributed by atoms with E-state index in [2.05, 4.69) is 9.47 Å². The second-order valence-corrected chi connectivity index (χ2v) is 5.45. The van der Waals surface area contributed by atoms with Crippen LogP contribution in [0, 0.1) is 0 Å². The highest BCUT2D eigenvalue weighted by molar-refractivity contribution is 6.08. The molecular formula is C19H14F6O4. The number of carbonyl (C=O) groups is 1. The molecule has 0 N–H and O–H groups in total. The van der Waals surface area contributed by atoms with Crippen molar-refractivity contribution in [2.75, 3.05) is 6.61 Å². The van der Waals surface area contributed by atoms with Crippen molar-refractivity contribution in [1.29, 1.82) is 0 Å². The van der Waals surface area contributed by atoms with E-state index in [9.17, 15) is 31.1 Å². The van der Waals surface area contributed by atoms with Crippen LogP contribution in [0.1, 0.15) is 22.8 Å². The lowest BCUT2D eigenvalue weighted by Gasteiger charge is -2.14. The van der Waals surface area contributed by atoms with Crippen molar-refractivity contribution < 1.29 is 45.3 Å². The highest BCUT2D eigenvalue weighted by atomic mass is 19.4. The van der Waals surface area contributed by atoms with Crippen LogP contribution in [0.25, 0.3) is 6.08 Å². The molecule has 0 saturated carbocycles. The van der Waals surface area contributed by atoms with Crippen molar-refractivity contribution in [3.8, 4) is 17.2 Å². The molecule has 2 aromatic rings. The van der Waals surface area contributed by atoms with E-state index in [0.717, 1.165) is 6.08 Å². The Balaban J connectivity index is 2.30. The molecule has 0 bridgehead atoms. The average molecular weight is 420 g/mol. The number of halogens is 6. The molecule has 0 aliphatic heterocycles. The van der Waals surface area contributed by atoms with Gasteiger partial charge in [-0.05, 0) is 48.9 Å². The lowest BCUT2D eigenvalue weighted by atomic mass is 10.1. The number of hydrogen-bond donors (Lipinski definition) is 0. The summed E-state index contributed by atoms with van der Waals surface area (Å²) in [4.78, 5) is 12.3. The molecule has 4 nitrogen and oxygen atoms in total. The van der Waals surface area contributed by atoms with Gasteiger partial charge in [-0.2, -0.15) is 0 Å². The van der Waals surface area contributed by atoms with Gasteiger partial charge >= 0.3 is 12.7 Å². The number of hydrogen-bond acceptors (Lipinski definition) is 4. The zero-order chi connectivity index (χ0) is 21.7. The first-order chi connectivity index (χ1) is 13.5. The van der Waals surface area contributed by atoms with Gasteiger partial charge in [0.2, 0.25) is 0 Å². The normalized spacial score (nSPS) is 12.1. The number of allylic oxidation sites excluding steroid dienone is 1. The summed E-state index contributed by atoms with van der Waals surface area (Å²) < 4.78 is 87.3. The highest BCUT2D eigenvalue weighted by Gasteiger charge is 2.34. The van der Waals surface area contributed by atoms with Gasteiger partial charge in [-0.1, -0.05) is 18.2 Å². The first kappa shape index (κ1) is 22.1. The van der Waals surface area contributed by atoms with E-state index in [1.54, 1.807) is 31.2 Å². The van der Waals surface area contributed by atoms with E-state index in [1.165, 1.54) is 6.08 Å². The van der Waals surface area contributed by atoms with Crippen LogP contribution in [0.5, 0.6) is 17.2 Å². The molecule has 2 aromatic carbocycles. The van der Waals surface area contributed by atoms with Crippen molar-refractivity contribution >= 4 is 11.9 Å². The van der Waals surface area contributed by atoms with Crippen LogP contribution in [0.15, 0.2) is 48.5 Å². The summed E-state index contributed by atoms with van der Waals surface area (Å²) in [5.74, 6) is -2.24. The Morgan fingerprint density at radius 3 is 2.03 bits per heavy atom. The van der Waals surface area contributed by atoms with Crippen molar-refractivity contribution in [3.05, 3.63) is 59.7 Å². The van der Waals surface area contributed by atoms with Crippen molar-refractivity contribution in [3.63, 3.8) is 0 Å². The molecular weight excluding hydrogens is 406 g/mol. The van der Waals surface area contributed by atoms with E-state index in [1.807, 2.05) is 0 Å². The van der Waals surface area contributed by atoms with Gasteiger partial charge in [-0.15, -0.1) is 26.3 Å². The van der Waals surface area contributed by atoms with E-state index >= 15 is 0 Å². The molecule has 156 valence electrons. The van der Waals surface area contributed by atoms with Crippen LogP contribution >= 0.6 is 0 Å². The Morgan fingerprint density at radius 2 is 1.48 bits per heavy atom. The predicted molar refractivity (Wildman–Crippen MR) is 90.8 cm³/mol. The van der Waals surface area contributed by atoms with E-state index < -0.39 is 35.6 Å². The highest BCUT2D eigenvalue weighted by Crippen LogP contribution is 2.32. The van der Waals surface area contributed by atoms with Gasteiger partial charge in [-0.25, -0.2) is 0 Å². The average Bonchev–Trinajstić information content (AvgIpc) is 2.60. The molecule has 0 aromatic heterocycles. The molecule has 2 rings (SSSR count). The van der Waals surface area contributed by atoms with Gasteiger partial charge in [0.25, 0.3) is 0 Å². The number of carbonyl (C=O) groups excluding carboxylic acids is 1. The molecule has 0 heterocycles. The quantitative estimate of drug-likeness (QED) is 0.324. The maximum absolute atomic E-state index is 12.5. The zero-order valence-corrected chi connectivity index (χ0v) is 14.8. The topological polar surface area (TPSA) is 44.8 Å². The van der Waals surface area contributed by atoms with Gasteiger partial charge in [0.15, 0.2) is 5.78 Å². The van der Waals surface area contributed by atoms with Crippen LogP contribution in [-0.2, 0) is 0 Å². The zero-order valence-electron chi connectivity index (χ0n) is 14.8. The fourth-order valence-electron chi connectivity index (χ4n) is 2.22. The van der Waals surface area contributed by atoms with Gasteiger partial charge in [0, 0.05) is 0 Å². The minimum atomic E-state index is -5.14. The van der Waals surface area contributed by atoms with E-state index in [4.69, 9.17) is 4.74 Å². The van der Waals surface area contributed by atoms with Crippen LogP contribution < -0.4 is 14.2 Å². The smallest absolute Gasteiger partial charge is 0.494 e. The molecule has 0 atom stereocenters. The summed E-state index contributed by atoms with van der Waals surface area (Å²) in [5, 5.41) is 0. The third kappa shape index (κ3) is 7.40. The standard InChI is InChI=1S/C19H14F6O4/c1-2-27-13-6-3-12(4-7-13)5-9-16(26)15-11-14(28-18(20,21)22)8-10-17(15)29-19(23,24)25/h3-11H,2H2,1H3/b9-5+. The third-order valence-electron chi connectivity index (χ3n) is 3.29. The molecule has 0 radical (unpaired) electrons. The van der Waals surface area contributed by atoms with Crippen molar-refractivity contribution in [2.45, 2.75) is 19.6 Å². The predicted octanol–water partition coefficient (Wildman–Crippen LogP) is 5.78. The summed E-state index contributed by atoms with van der Waals surface area (Å²) in [6, 6.07) is 8.12. The Bertz CT molecular complexity index is 870. The first-order valence-electron chi connectivity index (χ1n) is 8.07. The number of alkyl halides is 6. The Morgan fingerprint density at radius 1 is 0.897 bits per heavy atom. The lowest BCUT2D eigenvalue weighted by Crippen LogP contribution is -2.20. The van der Waals surface area contributed by atoms with Crippen LogP contribution in [-0.4, -0.2) is 25.1 Å². The Kier molecular flexibility index (Phi) is 6.78. The van der Waals surface area contributed by atoms with Crippen LogP contribution in [0.3, 0.4) is 0 Å². The number of rotatable bonds is 7. The molecule has 0 aliphatic rings. The number of ether oxygens (including phenoxy) is 3. The number of ketones is 1. The molecule has 29 heavy (non-hydrogen) atoms. The second-order valence-electron chi connectivity index (χ2n) is 5.45. The van der Waals surface area contributed by atoms with Gasteiger partial charge < -0.3 is 14.2 Å². The molecule has 0 unspecified atom stereocenters.